The summed E-state index contributed by atoms with van der Waals surface area (Å²) >= 11 is 11.9. The lowest BCUT2D eigenvalue weighted by Crippen LogP contribution is -2.25. The number of halogens is 2. The van der Waals surface area contributed by atoms with E-state index in [1.165, 1.54) is 4.90 Å². The Kier molecular flexibility index (Phi) is 2.76. The van der Waals surface area contributed by atoms with E-state index in [4.69, 9.17) is 27.9 Å². The monoisotopic (exact) mass is 245 g/mol. The molecule has 0 unspecified atom stereocenters. The van der Waals surface area contributed by atoms with Gasteiger partial charge in [-0.15, -0.1) is 0 Å². The van der Waals surface area contributed by atoms with Crippen LogP contribution in [0, 0.1) is 0 Å². The second kappa shape index (κ2) is 3.91. The first-order chi connectivity index (χ1) is 7.09. The van der Waals surface area contributed by atoms with Crippen LogP contribution in [0.4, 0.5) is 5.69 Å². The Bertz CT molecular complexity index is 420. The second-order valence-electron chi connectivity index (χ2n) is 3.29. The number of benzene rings is 1. The summed E-state index contributed by atoms with van der Waals surface area (Å²) in [6.07, 6.45) is 0.346. The van der Waals surface area contributed by atoms with E-state index in [-0.39, 0.29) is 5.91 Å². The zero-order valence-corrected chi connectivity index (χ0v) is 9.60. The first kappa shape index (κ1) is 10.6. The fourth-order valence-corrected chi connectivity index (χ4v) is 2.12. The molecular formula is C10H9Cl2NO2. The van der Waals surface area contributed by atoms with Crippen LogP contribution in [0.3, 0.4) is 0 Å². The summed E-state index contributed by atoms with van der Waals surface area (Å²) in [5.41, 5.74) is 0.587. The average molecular weight is 246 g/mol. The minimum Gasteiger partial charge on any atom is -0.491 e. The smallest absolute Gasteiger partial charge is 0.230 e. The van der Waals surface area contributed by atoms with Gasteiger partial charge in [-0.1, -0.05) is 23.2 Å². The summed E-state index contributed by atoms with van der Waals surface area (Å²) in [6.45, 7) is 0.354. The van der Waals surface area contributed by atoms with Gasteiger partial charge in [0.05, 0.1) is 18.1 Å². The molecule has 15 heavy (non-hydrogen) atoms. The Morgan fingerprint density at radius 3 is 2.87 bits per heavy atom. The lowest BCUT2D eigenvalue weighted by atomic mass is 10.2. The lowest BCUT2D eigenvalue weighted by Gasteiger charge is -2.17. The minimum atomic E-state index is -0.0158. The van der Waals surface area contributed by atoms with Gasteiger partial charge < -0.3 is 9.64 Å². The average Bonchev–Trinajstić information content (AvgIpc) is 2.27. The molecule has 0 spiro atoms. The second-order valence-corrected chi connectivity index (χ2v) is 4.13. The number of ether oxygens (including phenoxy) is 1. The quantitative estimate of drug-likeness (QED) is 0.704. The summed E-state index contributed by atoms with van der Waals surface area (Å²) in [7, 11) is 1.68. The van der Waals surface area contributed by atoms with Crippen molar-refractivity contribution in [1.29, 1.82) is 0 Å². The molecule has 0 aliphatic carbocycles. The lowest BCUT2D eigenvalue weighted by molar-refractivity contribution is -0.118. The van der Waals surface area contributed by atoms with E-state index in [0.29, 0.717) is 34.5 Å². The number of carbonyl (C=O) groups excluding carboxylic acids is 1. The zero-order chi connectivity index (χ0) is 11.0. The molecule has 0 bridgehead atoms. The van der Waals surface area contributed by atoms with Crippen molar-refractivity contribution in [3.63, 3.8) is 0 Å². The van der Waals surface area contributed by atoms with Gasteiger partial charge in [0.1, 0.15) is 11.4 Å². The third-order valence-corrected chi connectivity index (χ3v) is 2.78. The van der Waals surface area contributed by atoms with Crippen LogP contribution in [-0.4, -0.2) is 19.6 Å². The standard InChI is InChI=1S/C10H9Cl2NO2/c1-13-9(14)2-3-15-8-5-6(11)4-7(12)10(8)13/h4-5H,2-3H2,1H3. The van der Waals surface area contributed by atoms with Crippen LogP contribution < -0.4 is 9.64 Å². The van der Waals surface area contributed by atoms with Gasteiger partial charge in [0.25, 0.3) is 0 Å². The van der Waals surface area contributed by atoms with Gasteiger partial charge in [-0.3, -0.25) is 4.79 Å². The third-order valence-electron chi connectivity index (χ3n) is 2.28. The number of hydrogen-bond donors (Lipinski definition) is 0. The largest absolute Gasteiger partial charge is 0.491 e. The molecule has 1 aliphatic heterocycles. The Morgan fingerprint density at radius 2 is 2.13 bits per heavy atom. The highest BCUT2D eigenvalue weighted by atomic mass is 35.5. The Morgan fingerprint density at radius 1 is 1.40 bits per heavy atom. The van der Waals surface area contributed by atoms with Crippen molar-refractivity contribution in [3.8, 4) is 5.75 Å². The van der Waals surface area contributed by atoms with E-state index in [1.807, 2.05) is 0 Å². The van der Waals surface area contributed by atoms with E-state index in [0.717, 1.165) is 0 Å². The van der Waals surface area contributed by atoms with Crippen molar-refractivity contribution in [3.05, 3.63) is 22.2 Å². The number of fused-ring (bicyclic) bond motifs is 1. The number of hydrogen-bond acceptors (Lipinski definition) is 2. The maximum Gasteiger partial charge on any atom is 0.230 e. The number of anilines is 1. The van der Waals surface area contributed by atoms with E-state index in [1.54, 1.807) is 19.2 Å². The summed E-state index contributed by atoms with van der Waals surface area (Å²) in [5, 5.41) is 0.928. The Hall–Kier alpha value is -0.930. The third kappa shape index (κ3) is 1.90. The van der Waals surface area contributed by atoms with Crippen LogP contribution in [0.15, 0.2) is 12.1 Å². The highest BCUT2D eigenvalue weighted by molar-refractivity contribution is 6.37. The highest BCUT2D eigenvalue weighted by Crippen LogP contribution is 2.39. The number of nitrogens with zero attached hydrogens (tertiary/aromatic N) is 1. The molecule has 3 nitrogen and oxygen atoms in total. The molecule has 80 valence electrons. The van der Waals surface area contributed by atoms with Gasteiger partial charge >= 0.3 is 0 Å². The van der Waals surface area contributed by atoms with Gasteiger partial charge in [0, 0.05) is 18.1 Å². The molecule has 2 rings (SSSR count). The molecule has 0 N–H and O–H groups in total. The van der Waals surface area contributed by atoms with Gasteiger partial charge in [0.2, 0.25) is 5.91 Å². The van der Waals surface area contributed by atoms with Gasteiger partial charge in [-0.2, -0.15) is 0 Å². The predicted molar refractivity (Wildman–Crippen MR) is 60.0 cm³/mol. The number of amides is 1. The Balaban J connectivity index is 2.58. The molecule has 0 saturated carbocycles. The predicted octanol–water partition coefficient (Wildman–Crippen LogP) is 2.74. The Labute approximate surface area is 97.5 Å². The van der Waals surface area contributed by atoms with Crippen LogP contribution in [0.5, 0.6) is 5.75 Å². The minimum absolute atomic E-state index is 0.0158. The summed E-state index contributed by atoms with van der Waals surface area (Å²) in [4.78, 5) is 13.1. The molecule has 1 heterocycles. The SMILES string of the molecule is CN1C(=O)CCOc2cc(Cl)cc(Cl)c21. The molecule has 1 aliphatic rings. The van der Waals surface area contributed by atoms with Crippen LogP contribution in [-0.2, 0) is 4.79 Å². The van der Waals surface area contributed by atoms with E-state index < -0.39 is 0 Å². The van der Waals surface area contributed by atoms with E-state index in [2.05, 4.69) is 0 Å². The summed E-state index contributed by atoms with van der Waals surface area (Å²) in [6, 6.07) is 3.26. The topological polar surface area (TPSA) is 29.5 Å². The van der Waals surface area contributed by atoms with Crippen molar-refractivity contribution in [2.24, 2.45) is 0 Å². The van der Waals surface area contributed by atoms with Crippen LogP contribution >= 0.6 is 23.2 Å². The van der Waals surface area contributed by atoms with Crippen molar-refractivity contribution in [2.75, 3.05) is 18.6 Å². The molecule has 5 heteroatoms. The van der Waals surface area contributed by atoms with Crippen molar-refractivity contribution >= 4 is 34.8 Å². The van der Waals surface area contributed by atoms with E-state index in [9.17, 15) is 4.79 Å². The molecular weight excluding hydrogens is 237 g/mol. The summed E-state index contributed by atoms with van der Waals surface area (Å²) < 4.78 is 5.42. The first-order valence-corrected chi connectivity index (χ1v) is 5.23. The number of carbonyl (C=O) groups is 1. The first-order valence-electron chi connectivity index (χ1n) is 4.48. The number of rotatable bonds is 0. The molecule has 0 radical (unpaired) electrons. The van der Waals surface area contributed by atoms with Gasteiger partial charge in [-0.05, 0) is 6.07 Å². The molecule has 0 fully saturated rings. The van der Waals surface area contributed by atoms with Crippen molar-refractivity contribution in [1.82, 2.24) is 0 Å². The fraction of sp³-hybridized carbons (Fsp3) is 0.300. The molecule has 0 saturated heterocycles. The molecule has 1 aromatic carbocycles. The summed E-state index contributed by atoms with van der Waals surface area (Å²) in [5.74, 6) is 0.541. The van der Waals surface area contributed by atoms with Gasteiger partial charge in [-0.25, -0.2) is 0 Å². The van der Waals surface area contributed by atoms with Crippen LogP contribution in [0.1, 0.15) is 6.42 Å². The van der Waals surface area contributed by atoms with Crippen LogP contribution in [0.2, 0.25) is 10.0 Å². The molecule has 0 aromatic heterocycles. The maximum absolute atomic E-state index is 11.6. The maximum atomic E-state index is 11.6. The highest BCUT2D eigenvalue weighted by Gasteiger charge is 2.22. The van der Waals surface area contributed by atoms with Crippen molar-refractivity contribution < 1.29 is 9.53 Å². The van der Waals surface area contributed by atoms with E-state index >= 15 is 0 Å². The van der Waals surface area contributed by atoms with Gasteiger partial charge in [0.15, 0.2) is 0 Å². The molecule has 1 aromatic rings. The zero-order valence-electron chi connectivity index (χ0n) is 8.09. The van der Waals surface area contributed by atoms with Crippen LogP contribution in [0.25, 0.3) is 0 Å². The molecule has 0 atom stereocenters. The fourth-order valence-electron chi connectivity index (χ4n) is 1.52. The molecule has 1 amide bonds. The van der Waals surface area contributed by atoms with Crippen molar-refractivity contribution in [2.45, 2.75) is 6.42 Å². The normalized spacial score (nSPS) is 15.7.